The Kier molecular flexibility index (Phi) is 5.37. The van der Waals surface area contributed by atoms with Gasteiger partial charge in [-0.2, -0.15) is 0 Å². The molecular weight excluding hydrogens is 288 g/mol. The number of piperidine rings is 1. The van der Waals surface area contributed by atoms with Gasteiger partial charge in [-0.25, -0.2) is 13.1 Å². The first-order valence-electron chi connectivity index (χ1n) is 7.24. The molecule has 118 valence electrons. The Balaban J connectivity index is 2.11. The summed E-state index contributed by atoms with van der Waals surface area (Å²) in [5, 5.41) is 3.30. The fraction of sp³-hybridized carbons (Fsp3) is 0.600. The highest BCUT2D eigenvalue weighted by Gasteiger charge is 2.33. The van der Waals surface area contributed by atoms with Crippen LogP contribution >= 0.6 is 0 Å². The van der Waals surface area contributed by atoms with Crippen LogP contribution in [0, 0.1) is 12.3 Å². The first-order chi connectivity index (χ1) is 9.99. The molecular formula is C15H24N2O3S. The average Bonchev–Trinajstić information content (AvgIpc) is 2.47. The first kappa shape index (κ1) is 16.4. The molecule has 0 atom stereocenters. The molecule has 6 heteroatoms. The van der Waals surface area contributed by atoms with Crippen LogP contribution in [-0.4, -0.2) is 41.8 Å². The lowest BCUT2D eigenvalue weighted by molar-refractivity contribution is 0.0577. The predicted molar refractivity (Wildman–Crippen MR) is 82.8 cm³/mol. The third-order valence-electron chi connectivity index (χ3n) is 4.14. The van der Waals surface area contributed by atoms with Crippen molar-refractivity contribution in [3.05, 3.63) is 29.8 Å². The summed E-state index contributed by atoms with van der Waals surface area (Å²) in [6.45, 7) is 4.60. The highest BCUT2D eigenvalue weighted by molar-refractivity contribution is 7.89. The number of sulfonamides is 1. The Morgan fingerprint density at radius 3 is 2.57 bits per heavy atom. The molecule has 0 radical (unpaired) electrons. The third kappa shape index (κ3) is 4.03. The minimum absolute atomic E-state index is 0.115. The van der Waals surface area contributed by atoms with Gasteiger partial charge in [-0.1, -0.05) is 18.2 Å². The van der Waals surface area contributed by atoms with Crippen LogP contribution in [0.3, 0.4) is 0 Å². The Morgan fingerprint density at radius 2 is 1.95 bits per heavy atom. The maximum Gasteiger partial charge on any atom is 0.240 e. The van der Waals surface area contributed by atoms with Crippen LogP contribution in [0.2, 0.25) is 0 Å². The maximum absolute atomic E-state index is 12.5. The molecule has 1 aliphatic heterocycles. The fourth-order valence-corrected chi connectivity index (χ4v) is 4.22. The molecule has 0 saturated carbocycles. The monoisotopic (exact) mass is 312 g/mol. The molecule has 0 aromatic heterocycles. The molecule has 5 nitrogen and oxygen atoms in total. The fourth-order valence-electron chi connectivity index (χ4n) is 2.82. The molecule has 1 fully saturated rings. The summed E-state index contributed by atoms with van der Waals surface area (Å²) in [6.07, 6.45) is 1.83. The molecule has 0 aliphatic carbocycles. The lowest BCUT2D eigenvalue weighted by atomic mass is 9.80. The van der Waals surface area contributed by atoms with Crippen molar-refractivity contribution in [2.75, 3.05) is 33.4 Å². The Morgan fingerprint density at radius 1 is 1.29 bits per heavy atom. The van der Waals surface area contributed by atoms with Gasteiger partial charge >= 0.3 is 0 Å². The summed E-state index contributed by atoms with van der Waals surface area (Å²) in [7, 11) is -1.81. The second-order valence-corrected chi connectivity index (χ2v) is 7.51. The van der Waals surface area contributed by atoms with E-state index in [2.05, 4.69) is 10.0 Å². The molecule has 1 aromatic carbocycles. The van der Waals surface area contributed by atoms with Crippen molar-refractivity contribution in [3.8, 4) is 0 Å². The average molecular weight is 312 g/mol. The van der Waals surface area contributed by atoms with Gasteiger partial charge in [0, 0.05) is 19.1 Å². The van der Waals surface area contributed by atoms with Crippen molar-refractivity contribution in [2.45, 2.75) is 24.7 Å². The summed E-state index contributed by atoms with van der Waals surface area (Å²) in [5.41, 5.74) is 0.645. The third-order valence-corrected chi connectivity index (χ3v) is 5.70. The molecule has 1 aromatic rings. The van der Waals surface area contributed by atoms with E-state index in [1.165, 1.54) is 0 Å². The summed E-state index contributed by atoms with van der Waals surface area (Å²) < 4.78 is 33.0. The first-order valence-corrected chi connectivity index (χ1v) is 8.72. The van der Waals surface area contributed by atoms with Gasteiger partial charge in [0.2, 0.25) is 10.0 Å². The van der Waals surface area contributed by atoms with Gasteiger partial charge in [-0.15, -0.1) is 0 Å². The van der Waals surface area contributed by atoms with E-state index in [9.17, 15) is 8.42 Å². The smallest absolute Gasteiger partial charge is 0.240 e. The lowest BCUT2D eigenvalue weighted by Gasteiger charge is -2.37. The zero-order valence-electron chi connectivity index (χ0n) is 12.7. The SMILES string of the molecule is COCC1(CNS(=O)(=O)c2ccccc2C)CCNCC1. The van der Waals surface area contributed by atoms with Crippen LogP contribution in [0.15, 0.2) is 29.2 Å². The van der Waals surface area contributed by atoms with Gasteiger partial charge < -0.3 is 10.1 Å². The van der Waals surface area contributed by atoms with E-state index >= 15 is 0 Å². The van der Waals surface area contributed by atoms with Gasteiger partial charge in [0.15, 0.2) is 0 Å². The number of ether oxygens (including phenoxy) is 1. The van der Waals surface area contributed by atoms with Crippen LogP contribution in [0.1, 0.15) is 18.4 Å². The number of nitrogens with one attached hydrogen (secondary N) is 2. The number of methoxy groups -OCH3 is 1. The van der Waals surface area contributed by atoms with E-state index in [1.54, 1.807) is 19.2 Å². The van der Waals surface area contributed by atoms with Crippen molar-refractivity contribution in [3.63, 3.8) is 0 Å². The maximum atomic E-state index is 12.5. The normalized spacial score (nSPS) is 18.6. The highest BCUT2D eigenvalue weighted by Crippen LogP contribution is 2.29. The molecule has 2 rings (SSSR count). The molecule has 1 heterocycles. The minimum Gasteiger partial charge on any atom is -0.384 e. The van der Waals surface area contributed by atoms with Crippen LogP contribution in [0.5, 0.6) is 0 Å². The predicted octanol–water partition coefficient (Wildman–Crippen LogP) is 1.29. The second kappa shape index (κ2) is 6.87. The van der Waals surface area contributed by atoms with Gasteiger partial charge in [0.1, 0.15) is 0 Å². The summed E-state index contributed by atoms with van der Waals surface area (Å²) in [4.78, 5) is 0.353. The van der Waals surface area contributed by atoms with E-state index in [0.717, 1.165) is 31.5 Å². The van der Waals surface area contributed by atoms with Crippen molar-refractivity contribution in [1.29, 1.82) is 0 Å². The largest absolute Gasteiger partial charge is 0.384 e. The molecule has 21 heavy (non-hydrogen) atoms. The molecule has 2 N–H and O–H groups in total. The summed E-state index contributed by atoms with van der Waals surface area (Å²) >= 11 is 0. The zero-order valence-corrected chi connectivity index (χ0v) is 13.5. The number of aryl methyl sites for hydroxylation is 1. The van der Waals surface area contributed by atoms with E-state index in [0.29, 0.717) is 18.0 Å². The summed E-state index contributed by atoms with van der Waals surface area (Å²) in [5.74, 6) is 0. The summed E-state index contributed by atoms with van der Waals surface area (Å²) in [6, 6.07) is 7.04. The number of hydrogen-bond donors (Lipinski definition) is 2. The molecule has 0 unspecified atom stereocenters. The van der Waals surface area contributed by atoms with Crippen LogP contribution < -0.4 is 10.0 Å². The second-order valence-electron chi connectivity index (χ2n) is 5.77. The number of hydrogen-bond acceptors (Lipinski definition) is 4. The quantitative estimate of drug-likeness (QED) is 0.830. The Bertz CT molecular complexity index is 561. The van der Waals surface area contributed by atoms with Crippen LogP contribution in [0.4, 0.5) is 0 Å². The van der Waals surface area contributed by atoms with Crippen molar-refractivity contribution >= 4 is 10.0 Å². The van der Waals surface area contributed by atoms with Crippen LogP contribution in [0.25, 0.3) is 0 Å². The van der Waals surface area contributed by atoms with Gasteiger partial charge in [0.05, 0.1) is 11.5 Å². The number of benzene rings is 1. The molecule has 0 bridgehead atoms. The standard InChI is InChI=1S/C15H24N2O3S/c1-13-5-3-4-6-14(13)21(18,19)17-11-15(12-20-2)7-9-16-10-8-15/h3-6,16-17H,7-12H2,1-2H3. The minimum atomic E-state index is -3.47. The topological polar surface area (TPSA) is 67.4 Å². The van der Waals surface area contributed by atoms with E-state index in [1.807, 2.05) is 19.1 Å². The van der Waals surface area contributed by atoms with Crippen LogP contribution in [-0.2, 0) is 14.8 Å². The molecule has 0 amide bonds. The van der Waals surface area contributed by atoms with E-state index < -0.39 is 10.0 Å². The van der Waals surface area contributed by atoms with Crippen molar-refractivity contribution < 1.29 is 13.2 Å². The lowest BCUT2D eigenvalue weighted by Crippen LogP contribution is -2.47. The van der Waals surface area contributed by atoms with E-state index in [4.69, 9.17) is 4.74 Å². The van der Waals surface area contributed by atoms with E-state index in [-0.39, 0.29) is 5.41 Å². The van der Waals surface area contributed by atoms with Crippen molar-refractivity contribution in [1.82, 2.24) is 10.0 Å². The molecule has 0 spiro atoms. The highest BCUT2D eigenvalue weighted by atomic mass is 32.2. The Labute approximate surface area is 127 Å². The Hall–Kier alpha value is -0.950. The van der Waals surface area contributed by atoms with Gasteiger partial charge in [-0.05, 0) is 44.5 Å². The number of rotatable bonds is 6. The molecule has 1 saturated heterocycles. The van der Waals surface area contributed by atoms with Gasteiger partial charge in [0.25, 0.3) is 0 Å². The van der Waals surface area contributed by atoms with Gasteiger partial charge in [-0.3, -0.25) is 0 Å². The molecule has 1 aliphatic rings. The zero-order chi connectivity index (χ0) is 15.3. The van der Waals surface area contributed by atoms with Crippen molar-refractivity contribution in [2.24, 2.45) is 5.41 Å².